The van der Waals surface area contributed by atoms with Crippen LogP contribution in [-0.4, -0.2) is 13.1 Å². The summed E-state index contributed by atoms with van der Waals surface area (Å²) in [5.74, 6) is 0. The monoisotopic (exact) mass is 155 g/mol. The Morgan fingerprint density at radius 3 is 2.55 bits per heavy atom. The van der Waals surface area contributed by atoms with E-state index in [0.717, 1.165) is 13.0 Å². The van der Waals surface area contributed by atoms with Gasteiger partial charge in [0.25, 0.3) is 0 Å². The summed E-state index contributed by atoms with van der Waals surface area (Å²) in [6, 6.07) is 0. The van der Waals surface area contributed by atoms with Gasteiger partial charge in [-0.1, -0.05) is 32.4 Å². The molecule has 0 spiro atoms. The van der Waals surface area contributed by atoms with Crippen molar-refractivity contribution < 1.29 is 0 Å². The summed E-state index contributed by atoms with van der Waals surface area (Å²) < 4.78 is 0. The van der Waals surface area contributed by atoms with Gasteiger partial charge in [0.05, 0.1) is 0 Å². The van der Waals surface area contributed by atoms with E-state index in [2.05, 4.69) is 31.3 Å². The van der Waals surface area contributed by atoms with E-state index in [9.17, 15) is 0 Å². The fraction of sp³-hybridized carbons (Fsp3) is 0.800. The molecule has 0 amide bonds. The zero-order chi connectivity index (χ0) is 8.36. The standard InChI is InChI=1S/C10H21N/c1-3-5-7-8-10-11-9-6-4-2/h5,7,11H,3-4,6,8-10H2,1-2H3. The topological polar surface area (TPSA) is 12.0 Å². The Balaban J connectivity index is 2.85. The van der Waals surface area contributed by atoms with Gasteiger partial charge in [-0.2, -0.15) is 0 Å². The Morgan fingerprint density at radius 2 is 1.91 bits per heavy atom. The minimum Gasteiger partial charge on any atom is -0.316 e. The predicted octanol–water partition coefficient (Wildman–Crippen LogP) is 2.73. The largest absolute Gasteiger partial charge is 0.316 e. The van der Waals surface area contributed by atoms with Crippen molar-refractivity contribution in [3.05, 3.63) is 12.2 Å². The fourth-order valence-corrected chi connectivity index (χ4v) is 0.897. The maximum absolute atomic E-state index is 3.39. The molecule has 0 aromatic carbocycles. The molecule has 0 atom stereocenters. The minimum absolute atomic E-state index is 1.14. The summed E-state index contributed by atoms with van der Waals surface area (Å²) in [6.07, 6.45) is 9.41. The Hall–Kier alpha value is -0.300. The van der Waals surface area contributed by atoms with Crippen molar-refractivity contribution in [1.29, 1.82) is 0 Å². The summed E-state index contributed by atoms with van der Waals surface area (Å²) in [4.78, 5) is 0. The molecule has 0 aliphatic heterocycles. The van der Waals surface area contributed by atoms with E-state index in [4.69, 9.17) is 0 Å². The lowest BCUT2D eigenvalue weighted by atomic mass is 10.3. The second-order valence-corrected chi connectivity index (χ2v) is 2.77. The van der Waals surface area contributed by atoms with Crippen LogP contribution in [0.4, 0.5) is 0 Å². The van der Waals surface area contributed by atoms with E-state index in [1.165, 1.54) is 25.8 Å². The van der Waals surface area contributed by atoms with E-state index >= 15 is 0 Å². The van der Waals surface area contributed by atoms with Crippen LogP contribution in [-0.2, 0) is 0 Å². The van der Waals surface area contributed by atoms with Gasteiger partial charge in [-0.15, -0.1) is 0 Å². The average Bonchev–Trinajstić information content (AvgIpc) is 2.03. The molecular formula is C10H21N. The van der Waals surface area contributed by atoms with Gasteiger partial charge in [-0.3, -0.25) is 0 Å². The Kier molecular flexibility index (Phi) is 9.44. The zero-order valence-corrected chi connectivity index (χ0v) is 7.90. The third-order valence-corrected chi connectivity index (χ3v) is 1.60. The van der Waals surface area contributed by atoms with Crippen LogP contribution in [0.5, 0.6) is 0 Å². The first-order valence-corrected chi connectivity index (χ1v) is 4.77. The normalized spacial score (nSPS) is 11.1. The lowest BCUT2D eigenvalue weighted by Crippen LogP contribution is -2.15. The van der Waals surface area contributed by atoms with Crippen LogP contribution < -0.4 is 5.32 Å². The first-order valence-electron chi connectivity index (χ1n) is 4.77. The predicted molar refractivity (Wildman–Crippen MR) is 51.8 cm³/mol. The van der Waals surface area contributed by atoms with Crippen LogP contribution in [0.3, 0.4) is 0 Å². The number of unbranched alkanes of at least 4 members (excludes halogenated alkanes) is 1. The van der Waals surface area contributed by atoms with E-state index in [-0.39, 0.29) is 0 Å². The van der Waals surface area contributed by atoms with Crippen molar-refractivity contribution in [1.82, 2.24) is 5.32 Å². The highest BCUT2D eigenvalue weighted by Gasteiger charge is 1.82. The highest BCUT2D eigenvalue weighted by molar-refractivity contribution is 4.80. The summed E-state index contributed by atoms with van der Waals surface area (Å²) in [6.45, 7) is 6.70. The molecule has 0 saturated carbocycles. The second kappa shape index (κ2) is 9.70. The third kappa shape index (κ3) is 9.70. The maximum Gasteiger partial charge on any atom is -0.00143 e. The number of hydrogen-bond acceptors (Lipinski definition) is 1. The van der Waals surface area contributed by atoms with Gasteiger partial charge < -0.3 is 5.32 Å². The molecule has 0 rings (SSSR count). The molecule has 1 heteroatoms. The van der Waals surface area contributed by atoms with Crippen molar-refractivity contribution in [2.45, 2.75) is 39.5 Å². The maximum atomic E-state index is 3.39. The van der Waals surface area contributed by atoms with E-state index in [0.29, 0.717) is 0 Å². The van der Waals surface area contributed by atoms with Gasteiger partial charge >= 0.3 is 0 Å². The van der Waals surface area contributed by atoms with Crippen molar-refractivity contribution in [3.8, 4) is 0 Å². The van der Waals surface area contributed by atoms with Gasteiger partial charge in [-0.25, -0.2) is 0 Å². The first kappa shape index (κ1) is 10.7. The third-order valence-electron chi connectivity index (χ3n) is 1.60. The highest BCUT2D eigenvalue weighted by atomic mass is 14.8. The zero-order valence-electron chi connectivity index (χ0n) is 7.90. The molecule has 1 N–H and O–H groups in total. The van der Waals surface area contributed by atoms with Gasteiger partial charge in [-0.05, 0) is 32.4 Å². The summed E-state index contributed by atoms with van der Waals surface area (Å²) in [7, 11) is 0. The molecule has 0 aliphatic rings. The summed E-state index contributed by atoms with van der Waals surface area (Å²) >= 11 is 0. The van der Waals surface area contributed by atoms with Crippen molar-refractivity contribution in [2.75, 3.05) is 13.1 Å². The van der Waals surface area contributed by atoms with E-state index in [1.807, 2.05) is 0 Å². The number of allylic oxidation sites excluding steroid dienone is 1. The van der Waals surface area contributed by atoms with Crippen molar-refractivity contribution in [3.63, 3.8) is 0 Å². The molecule has 0 radical (unpaired) electrons. The Morgan fingerprint density at radius 1 is 1.09 bits per heavy atom. The molecule has 0 unspecified atom stereocenters. The molecule has 1 nitrogen and oxygen atoms in total. The SMILES string of the molecule is CCC=CCCNCCCC. The molecule has 0 fully saturated rings. The van der Waals surface area contributed by atoms with Gasteiger partial charge in [0.1, 0.15) is 0 Å². The molecule has 0 aliphatic carbocycles. The van der Waals surface area contributed by atoms with Crippen LogP contribution in [0, 0.1) is 0 Å². The van der Waals surface area contributed by atoms with Crippen molar-refractivity contribution in [2.24, 2.45) is 0 Å². The Bertz CT molecular complexity index is 86.9. The first-order chi connectivity index (χ1) is 5.41. The van der Waals surface area contributed by atoms with Gasteiger partial charge in [0.15, 0.2) is 0 Å². The van der Waals surface area contributed by atoms with Crippen LogP contribution in [0.1, 0.15) is 39.5 Å². The highest BCUT2D eigenvalue weighted by Crippen LogP contribution is 1.86. The quantitative estimate of drug-likeness (QED) is 0.440. The molecule has 66 valence electrons. The molecule has 0 bridgehead atoms. The number of hydrogen-bond donors (Lipinski definition) is 1. The fourth-order valence-electron chi connectivity index (χ4n) is 0.897. The lowest BCUT2D eigenvalue weighted by Gasteiger charge is -1.99. The van der Waals surface area contributed by atoms with Crippen LogP contribution in [0.25, 0.3) is 0 Å². The van der Waals surface area contributed by atoms with Crippen LogP contribution >= 0.6 is 0 Å². The van der Waals surface area contributed by atoms with E-state index < -0.39 is 0 Å². The molecule has 0 aromatic rings. The van der Waals surface area contributed by atoms with Gasteiger partial charge in [0, 0.05) is 0 Å². The summed E-state index contributed by atoms with van der Waals surface area (Å²) in [5.41, 5.74) is 0. The average molecular weight is 155 g/mol. The number of nitrogens with one attached hydrogen (secondary N) is 1. The Labute approximate surface area is 70.9 Å². The van der Waals surface area contributed by atoms with Crippen LogP contribution in [0.15, 0.2) is 12.2 Å². The number of rotatable bonds is 7. The minimum atomic E-state index is 1.14. The molecule has 11 heavy (non-hydrogen) atoms. The molecule has 0 aromatic heterocycles. The van der Waals surface area contributed by atoms with Gasteiger partial charge in [0.2, 0.25) is 0 Å². The smallest absolute Gasteiger partial charge is 0.00143 e. The molecule has 0 saturated heterocycles. The lowest BCUT2D eigenvalue weighted by molar-refractivity contribution is 0.645. The second-order valence-electron chi connectivity index (χ2n) is 2.77. The summed E-state index contributed by atoms with van der Waals surface area (Å²) in [5, 5.41) is 3.39. The van der Waals surface area contributed by atoms with Crippen LogP contribution in [0.2, 0.25) is 0 Å². The molecule has 0 heterocycles. The van der Waals surface area contributed by atoms with E-state index in [1.54, 1.807) is 0 Å². The van der Waals surface area contributed by atoms with Crippen molar-refractivity contribution >= 4 is 0 Å². The molecular weight excluding hydrogens is 134 g/mol.